The SMILES string of the molecule is CCCc1nccn1Cc1ccccc1[N+](=O)[O-]. The van der Waals surface area contributed by atoms with Crippen molar-refractivity contribution in [3.05, 3.63) is 58.2 Å². The van der Waals surface area contributed by atoms with Gasteiger partial charge in [0.25, 0.3) is 5.69 Å². The molecule has 5 heteroatoms. The molecule has 94 valence electrons. The lowest BCUT2D eigenvalue weighted by atomic mass is 10.2. The van der Waals surface area contributed by atoms with Crippen LogP contribution in [0.15, 0.2) is 36.7 Å². The maximum Gasteiger partial charge on any atom is 0.274 e. The molecule has 0 unspecified atom stereocenters. The molecule has 0 spiro atoms. The van der Waals surface area contributed by atoms with Crippen LogP contribution >= 0.6 is 0 Å². The molecule has 2 rings (SSSR count). The van der Waals surface area contributed by atoms with Crippen molar-refractivity contribution < 1.29 is 4.92 Å². The average molecular weight is 245 g/mol. The van der Waals surface area contributed by atoms with E-state index in [4.69, 9.17) is 0 Å². The van der Waals surface area contributed by atoms with Gasteiger partial charge in [-0.05, 0) is 6.42 Å². The van der Waals surface area contributed by atoms with E-state index in [0.29, 0.717) is 12.1 Å². The standard InChI is InChI=1S/C13H15N3O2/c1-2-5-13-14-8-9-15(13)10-11-6-3-4-7-12(11)16(17)18/h3-4,6-9H,2,5,10H2,1H3. The summed E-state index contributed by atoms with van der Waals surface area (Å²) in [5, 5.41) is 10.9. The fourth-order valence-corrected chi connectivity index (χ4v) is 1.94. The largest absolute Gasteiger partial charge is 0.330 e. The topological polar surface area (TPSA) is 61.0 Å². The minimum atomic E-state index is -0.342. The fraction of sp³-hybridized carbons (Fsp3) is 0.308. The summed E-state index contributed by atoms with van der Waals surface area (Å²) in [6, 6.07) is 6.82. The Morgan fingerprint density at radius 2 is 2.17 bits per heavy atom. The van der Waals surface area contributed by atoms with Gasteiger partial charge in [-0.2, -0.15) is 0 Å². The number of benzene rings is 1. The van der Waals surface area contributed by atoms with E-state index in [1.54, 1.807) is 18.3 Å². The highest BCUT2D eigenvalue weighted by Crippen LogP contribution is 2.19. The molecule has 0 amide bonds. The van der Waals surface area contributed by atoms with Crippen LogP contribution in [-0.2, 0) is 13.0 Å². The smallest absolute Gasteiger partial charge is 0.274 e. The number of aryl methyl sites for hydroxylation is 1. The Labute approximate surface area is 105 Å². The van der Waals surface area contributed by atoms with Gasteiger partial charge in [-0.1, -0.05) is 25.1 Å². The first kappa shape index (κ1) is 12.3. The molecule has 0 aliphatic rings. The highest BCUT2D eigenvalue weighted by atomic mass is 16.6. The van der Waals surface area contributed by atoms with Crippen molar-refractivity contribution in [3.63, 3.8) is 0 Å². The summed E-state index contributed by atoms with van der Waals surface area (Å²) < 4.78 is 1.96. The molecule has 18 heavy (non-hydrogen) atoms. The lowest BCUT2D eigenvalue weighted by Gasteiger charge is -2.07. The summed E-state index contributed by atoms with van der Waals surface area (Å²) >= 11 is 0. The Morgan fingerprint density at radius 3 is 2.89 bits per heavy atom. The van der Waals surface area contributed by atoms with Gasteiger partial charge in [0, 0.05) is 30.4 Å². The molecule has 0 saturated carbocycles. The van der Waals surface area contributed by atoms with Crippen molar-refractivity contribution in [2.75, 3.05) is 0 Å². The van der Waals surface area contributed by atoms with Crippen LogP contribution in [0.25, 0.3) is 0 Å². The fourth-order valence-electron chi connectivity index (χ4n) is 1.94. The number of para-hydroxylation sites is 1. The lowest BCUT2D eigenvalue weighted by Crippen LogP contribution is -2.06. The van der Waals surface area contributed by atoms with Gasteiger partial charge < -0.3 is 4.57 Å². The van der Waals surface area contributed by atoms with Gasteiger partial charge in [-0.15, -0.1) is 0 Å². The summed E-state index contributed by atoms with van der Waals surface area (Å²) in [5.74, 6) is 0.968. The molecule has 1 aromatic heterocycles. The summed E-state index contributed by atoms with van der Waals surface area (Å²) in [7, 11) is 0. The summed E-state index contributed by atoms with van der Waals surface area (Å²) in [6.07, 6.45) is 5.49. The van der Waals surface area contributed by atoms with Crippen LogP contribution in [0.3, 0.4) is 0 Å². The van der Waals surface area contributed by atoms with E-state index in [-0.39, 0.29) is 10.6 Å². The number of rotatable bonds is 5. The number of hydrogen-bond acceptors (Lipinski definition) is 3. The predicted octanol–water partition coefficient (Wildman–Crippen LogP) is 2.79. The first-order chi connectivity index (χ1) is 8.72. The van der Waals surface area contributed by atoms with Crippen LogP contribution in [0.1, 0.15) is 24.7 Å². The molecule has 0 fully saturated rings. The monoisotopic (exact) mass is 245 g/mol. The van der Waals surface area contributed by atoms with Crippen LogP contribution in [0.5, 0.6) is 0 Å². The van der Waals surface area contributed by atoms with E-state index in [1.165, 1.54) is 6.07 Å². The minimum absolute atomic E-state index is 0.161. The van der Waals surface area contributed by atoms with Crippen molar-refractivity contribution in [1.29, 1.82) is 0 Å². The molecule has 0 atom stereocenters. The van der Waals surface area contributed by atoms with Crippen LogP contribution in [-0.4, -0.2) is 14.5 Å². The van der Waals surface area contributed by atoms with Gasteiger partial charge in [0.1, 0.15) is 5.82 Å². The molecule has 0 N–H and O–H groups in total. The number of nitro groups is 1. The van der Waals surface area contributed by atoms with E-state index in [9.17, 15) is 10.1 Å². The number of hydrogen-bond donors (Lipinski definition) is 0. The normalized spacial score (nSPS) is 10.5. The molecule has 2 aromatic rings. The quantitative estimate of drug-likeness (QED) is 0.601. The Hall–Kier alpha value is -2.17. The molecule has 0 saturated heterocycles. The maximum atomic E-state index is 10.9. The van der Waals surface area contributed by atoms with Gasteiger partial charge in [0.05, 0.1) is 11.5 Å². The number of nitro benzene ring substituents is 1. The highest BCUT2D eigenvalue weighted by Gasteiger charge is 2.13. The third-order valence-electron chi connectivity index (χ3n) is 2.80. The third kappa shape index (κ3) is 2.56. The van der Waals surface area contributed by atoms with Gasteiger partial charge in [0.15, 0.2) is 0 Å². The van der Waals surface area contributed by atoms with Crippen LogP contribution in [0, 0.1) is 10.1 Å². The first-order valence-corrected chi connectivity index (χ1v) is 5.94. The molecule has 1 aromatic carbocycles. The number of imidazole rings is 1. The van der Waals surface area contributed by atoms with Gasteiger partial charge in [-0.25, -0.2) is 4.98 Å². The molecule has 0 bridgehead atoms. The molecule has 1 heterocycles. The zero-order valence-electron chi connectivity index (χ0n) is 10.2. The average Bonchev–Trinajstić information content (AvgIpc) is 2.78. The van der Waals surface area contributed by atoms with Crippen molar-refractivity contribution in [1.82, 2.24) is 9.55 Å². The molecule has 0 aliphatic heterocycles. The van der Waals surface area contributed by atoms with Crippen molar-refractivity contribution in [2.45, 2.75) is 26.3 Å². The van der Waals surface area contributed by atoms with E-state index in [1.807, 2.05) is 16.8 Å². The Kier molecular flexibility index (Phi) is 3.72. The number of nitrogens with zero attached hydrogens (tertiary/aromatic N) is 3. The van der Waals surface area contributed by atoms with E-state index < -0.39 is 0 Å². The molecular formula is C13H15N3O2. The van der Waals surface area contributed by atoms with E-state index in [2.05, 4.69) is 11.9 Å². The summed E-state index contributed by atoms with van der Waals surface area (Å²) in [4.78, 5) is 14.9. The summed E-state index contributed by atoms with van der Waals surface area (Å²) in [5.41, 5.74) is 0.867. The van der Waals surface area contributed by atoms with Crippen LogP contribution in [0.2, 0.25) is 0 Å². The molecule has 0 aliphatic carbocycles. The zero-order chi connectivity index (χ0) is 13.0. The van der Waals surface area contributed by atoms with Gasteiger partial charge in [-0.3, -0.25) is 10.1 Å². The van der Waals surface area contributed by atoms with Crippen LogP contribution < -0.4 is 0 Å². The first-order valence-electron chi connectivity index (χ1n) is 5.94. The Morgan fingerprint density at radius 1 is 1.39 bits per heavy atom. The lowest BCUT2D eigenvalue weighted by molar-refractivity contribution is -0.385. The third-order valence-corrected chi connectivity index (χ3v) is 2.80. The van der Waals surface area contributed by atoms with E-state index >= 15 is 0 Å². The van der Waals surface area contributed by atoms with Crippen molar-refractivity contribution in [2.24, 2.45) is 0 Å². The number of aromatic nitrogens is 2. The second-order valence-corrected chi connectivity index (χ2v) is 4.11. The highest BCUT2D eigenvalue weighted by molar-refractivity contribution is 5.39. The zero-order valence-corrected chi connectivity index (χ0v) is 10.2. The van der Waals surface area contributed by atoms with Crippen LogP contribution in [0.4, 0.5) is 5.69 Å². The molecule has 0 radical (unpaired) electrons. The second-order valence-electron chi connectivity index (χ2n) is 4.11. The maximum absolute atomic E-state index is 10.9. The van der Waals surface area contributed by atoms with Gasteiger partial charge in [0.2, 0.25) is 0 Å². The minimum Gasteiger partial charge on any atom is -0.330 e. The van der Waals surface area contributed by atoms with Crippen molar-refractivity contribution >= 4 is 5.69 Å². The Bertz CT molecular complexity index is 549. The van der Waals surface area contributed by atoms with Gasteiger partial charge >= 0.3 is 0 Å². The second kappa shape index (κ2) is 5.44. The summed E-state index contributed by atoms with van der Waals surface area (Å²) in [6.45, 7) is 2.58. The van der Waals surface area contributed by atoms with Crippen molar-refractivity contribution in [3.8, 4) is 0 Å². The molecular weight excluding hydrogens is 230 g/mol. The predicted molar refractivity (Wildman–Crippen MR) is 68.4 cm³/mol. The molecule has 5 nitrogen and oxygen atoms in total. The Balaban J connectivity index is 2.28. The van der Waals surface area contributed by atoms with E-state index in [0.717, 1.165) is 18.7 Å².